The van der Waals surface area contributed by atoms with Crippen molar-refractivity contribution in [2.24, 2.45) is 0 Å². The highest BCUT2D eigenvalue weighted by molar-refractivity contribution is 5.79. The molecule has 0 N–H and O–H groups in total. The summed E-state index contributed by atoms with van der Waals surface area (Å²) >= 11 is 0. The molecule has 0 aromatic carbocycles. The Labute approximate surface area is 66.6 Å². The number of rotatable bonds is 3. The van der Waals surface area contributed by atoms with Gasteiger partial charge in [0.15, 0.2) is 6.61 Å². The highest BCUT2D eigenvalue weighted by atomic mass is 16.3. The van der Waals surface area contributed by atoms with Crippen LogP contribution >= 0.6 is 0 Å². The Morgan fingerprint density at radius 1 is 1.27 bits per heavy atom. The van der Waals surface area contributed by atoms with Gasteiger partial charge in [0.1, 0.15) is 0 Å². The van der Waals surface area contributed by atoms with Crippen LogP contribution in [0.4, 0.5) is 0 Å². The molecule has 0 rings (SSSR count). The summed E-state index contributed by atoms with van der Waals surface area (Å²) in [4.78, 5) is 12.1. The fraction of sp³-hybridized carbons (Fsp3) is 0.375. The zero-order chi connectivity index (χ0) is 8.69. The van der Waals surface area contributed by atoms with Gasteiger partial charge in [-0.3, -0.25) is 9.69 Å². The third-order valence-corrected chi connectivity index (χ3v) is 1.03. The van der Waals surface area contributed by atoms with Gasteiger partial charge in [-0.05, 0) is 13.8 Å². The Morgan fingerprint density at radius 3 is 2.00 bits per heavy atom. The molecule has 0 spiro atoms. The van der Waals surface area contributed by atoms with E-state index in [9.17, 15) is 9.90 Å². The molecule has 0 unspecified atom stereocenters. The van der Waals surface area contributed by atoms with E-state index in [2.05, 4.69) is 0 Å². The van der Waals surface area contributed by atoms with E-state index in [1.807, 2.05) is 0 Å². The van der Waals surface area contributed by atoms with Gasteiger partial charge in [0, 0.05) is 12.4 Å². The summed E-state index contributed by atoms with van der Waals surface area (Å²) in [5.74, 6) is -0.443. The van der Waals surface area contributed by atoms with E-state index in [0.717, 1.165) is 0 Å². The maximum atomic E-state index is 10.8. The van der Waals surface area contributed by atoms with E-state index >= 15 is 0 Å². The standard InChI is InChI=1S/C8H12NO2/c1-3-5-9(6-4-2)8(11)7-10/h3-6H,7H2,1-2H3. The molecular weight excluding hydrogens is 142 g/mol. The van der Waals surface area contributed by atoms with E-state index in [4.69, 9.17) is 0 Å². The van der Waals surface area contributed by atoms with Crippen molar-refractivity contribution in [2.75, 3.05) is 6.61 Å². The highest BCUT2D eigenvalue weighted by Crippen LogP contribution is 1.92. The predicted octanol–water partition coefficient (Wildman–Crippen LogP) is 1.31. The molecule has 0 atom stereocenters. The van der Waals surface area contributed by atoms with Crippen LogP contribution < -0.4 is 0 Å². The smallest absolute Gasteiger partial charge is 0.259 e. The first-order valence-electron chi connectivity index (χ1n) is 3.41. The van der Waals surface area contributed by atoms with E-state index in [-0.39, 0.29) is 0 Å². The molecular formula is C8H12NO2. The topological polar surface area (TPSA) is 40.2 Å². The minimum atomic E-state index is -0.714. The van der Waals surface area contributed by atoms with E-state index in [1.54, 1.807) is 38.4 Å². The van der Waals surface area contributed by atoms with Crippen molar-refractivity contribution in [3.63, 3.8) is 0 Å². The van der Waals surface area contributed by atoms with Gasteiger partial charge >= 0.3 is 0 Å². The van der Waals surface area contributed by atoms with Gasteiger partial charge in [-0.1, -0.05) is 12.2 Å². The summed E-state index contributed by atoms with van der Waals surface area (Å²) in [6, 6.07) is 0. The number of amides is 1. The van der Waals surface area contributed by atoms with Crippen molar-refractivity contribution in [1.29, 1.82) is 0 Å². The molecule has 0 aliphatic heterocycles. The predicted molar refractivity (Wildman–Crippen MR) is 42.0 cm³/mol. The van der Waals surface area contributed by atoms with Crippen LogP contribution in [-0.4, -0.2) is 17.4 Å². The molecule has 61 valence electrons. The van der Waals surface area contributed by atoms with Gasteiger partial charge in [0.05, 0.1) is 0 Å². The first kappa shape index (κ1) is 9.91. The number of hydrogen-bond acceptors (Lipinski definition) is 1. The Bertz CT molecular complexity index is 161. The average molecular weight is 154 g/mol. The molecule has 0 aromatic rings. The van der Waals surface area contributed by atoms with E-state index in [0.29, 0.717) is 0 Å². The molecule has 0 saturated heterocycles. The van der Waals surface area contributed by atoms with Crippen molar-refractivity contribution >= 4 is 5.91 Å². The Balaban J connectivity index is 4.20. The van der Waals surface area contributed by atoms with Crippen molar-refractivity contribution in [3.8, 4) is 0 Å². The number of nitrogens with zero attached hydrogens (tertiary/aromatic N) is 1. The van der Waals surface area contributed by atoms with Crippen LogP contribution in [0.1, 0.15) is 13.8 Å². The summed E-state index contributed by atoms with van der Waals surface area (Å²) in [5, 5.41) is 10.2. The zero-order valence-electron chi connectivity index (χ0n) is 6.78. The van der Waals surface area contributed by atoms with Crippen LogP contribution in [0.15, 0.2) is 24.6 Å². The quantitative estimate of drug-likeness (QED) is 0.604. The van der Waals surface area contributed by atoms with Gasteiger partial charge in [0.25, 0.3) is 5.91 Å². The largest absolute Gasteiger partial charge is 0.293 e. The van der Waals surface area contributed by atoms with Gasteiger partial charge in [-0.25, -0.2) is 5.11 Å². The van der Waals surface area contributed by atoms with Crippen molar-refractivity contribution < 1.29 is 9.90 Å². The molecule has 1 amide bonds. The lowest BCUT2D eigenvalue weighted by Crippen LogP contribution is -2.22. The SMILES string of the molecule is CC=CN(C=CC)C(=O)C[O]. The molecule has 0 heterocycles. The van der Waals surface area contributed by atoms with Gasteiger partial charge in [0.2, 0.25) is 0 Å². The van der Waals surface area contributed by atoms with E-state index < -0.39 is 12.5 Å². The highest BCUT2D eigenvalue weighted by Gasteiger charge is 2.04. The van der Waals surface area contributed by atoms with Crippen LogP contribution in [0.5, 0.6) is 0 Å². The van der Waals surface area contributed by atoms with Crippen molar-refractivity contribution in [1.82, 2.24) is 4.90 Å². The lowest BCUT2D eigenvalue weighted by atomic mass is 10.5. The lowest BCUT2D eigenvalue weighted by molar-refractivity contribution is -0.131. The third-order valence-electron chi connectivity index (χ3n) is 1.03. The van der Waals surface area contributed by atoms with E-state index in [1.165, 1.54) is 4.90 Å². The van der Waals surface area contributed by atoms with Crippen molar-refractivity contribution in [2.45, 2.75) is 13.8 Å². The number of carbonyl (C=O) groups is 1. The second-order valence-corrected chi connectivity index (χ2v) is 1.91. The second kappa shape index (κ2) is 5.68. The van der Waals surface area contributed by atoms with Gasteiger partial charge in [-0.15, -0.1) is 0 Å². The fourth-order valence-electron chi connectivity index (χ4n) is 0.612. The number of allylic oxidation sites excluding steroid dienone is 2. The molecule has 0 saturated carbocycles. The van der Waals surface area contributed by atoms with Crippen LogP contribution in [-0.2, 0) is 9.90 Å². The second-order valence-electron chi connectivity index (χ2n) is 1.91. The Kier molecular flexibility index (Phi) is 5.11. The molecule has 0 aliphatic carbocycles. The lowest BCUT2D eigenvalue weighted by Gasteiger charge is -2.09. The van der Waals surface area contributed by atoms with Crippen LogP contribution in [0.3, 0.4) is 0 Å². The molecule has 11 heavy (non-hydrogen) atoms. The fourth-order valence-corrected chi connectivity index (χ4v) is 0.612. The van der Waals surface area contributed by atoms with Crippen LogP contribution in [0.2, 0.25) is 0 Å². The summed E-state index contributed by atoms with van der Waals surface area (Å²) in [5.41, 5.74) is 0. The summed E-state index contributed by atoms with van der Waals surface area (Å²) in [6.07, 6.45) is 6.52. The summed E-state index contributed by atoms with van der Waals surface area (Å²) < 4.78 is 0. The van der Waals surface area contributed by atoms with Gasteiger partial charge in [-0.2, -0.15) is 0 Å². The molecule has 3 heteroatoms. The molecule has 0 bridgehead atoms. The average Bonchev–Trinajstić information content (AvgIpc) is 2.03. The molecule has 0 fully saturated rings. The molecule has 0 aliphatic rings. The molecule has 3 nitrogen and oxygen atoms in total. The summed E-state index contributed by atoms with van der Waals surface area (Å²) in [6.45, 7) is 2.86. The monoisotopic (exact) mass is 154 g/mol. The summed E-state index contributed by atoms with van der Waals surface area (Å²) in [7, 11) is 0. The third kappa shape index (κ3) is 3.57. The molecule has 0 aromatic heterocycles. The number of carbonyl (C=O) groups excluding carboxylic acids is 1. The Hall–Kier alpha value is -1.09. The first-order valence-corrected chi connectivity index (χ1v) is 3.41. The maximum Gasteiger partial charge on any atom is 0.259 e. The minimum Gasteiger partial charge on any atom is -0.293 e. The van der Waals surface area contributed by atoms with Gasteiger partial charge < -0.3 is 0 Å². The zero-order valence-corrected chi connectivity index (χ0v) is 6.78. The van der Waals surface area contributed by atoms with Crippen LogP contribution in [0, 0.1) is 0 Å². The number of hydrogen-bond donors (Lipinski definition) is 0. The maximum absolute atomic E-state index is 10.8. The van der Waals surface area contributed by atoms with Crippen molar-refractivity contribution in [3.05, 3.63) is 24.6 Å². The normalized spacial score (nSPS) is 11.2. The minimum absolute atomic E-state index is 0.443. The molecule has 1 radical (unpaired) electrons. The van der Waals surface area contributed by atoms with Crippen LogP contribution in [0.25, 0.3) is 0 Å². The first-order chi connectivity index (χ1) is 5.26. The Morgan fingerprint density at radius 2 is 1.73 bits per heavy atom.